The van der Waals surface area contributed by atoms with E-state index >= 15 is 0 Å². The third-order valence-corrected chi connectivity index (χ3v) is 5.08. The standard InChI is InChI=1S/C16H17BrN2OS/c17-13-9-5-4-6-11(13)10-14-15(20)19(16(21)18-14)12-7-2-1-3-8-12/h4-6,9-10,12H,1-3,7-8H2,(H,18,21)/b14-10+. The van der Waals surface area contributed by atoms with Gasteiger partial charge in [-0.25, -0.2) is 0 Å². The van der Waals surface area contributed by atoms with Crippen LogP contribution in [0.5, 0.6) is 0 Å². The number of halogens is 1. The van der Waals surface area contributed by atoms with Gasteiger partial charge in [0.15, 0.2) is 5.11 Å². The highest BCUT2D eigenvalue weighted by Crippen LogP contribution is 2.27. The summed E-state index contributed by atoms with van der Waals surface area (Å²) in [6, 6.07) is 8.10. The van der Waals surface area contributed by atoms with Crippen molar-refractivity contribution in [2.45, 2.75) is 38.1 Å². The lowest BCUT2D eigenvalue weighted by molar-refractivity contribution is -0.124. The van der Waals surface area contributed by atoms with Crippen LogP contribution in [-0.2, 0) is 4.79 Å². The maximum Gasteiger partial charge on any atom is 0.276 e. The largest absolute Gasteiger partial charge is 0.328 e. The van der Waals surface area contributed by atoms with Gasteiger partial charge in [-0.3, -0.25) is 9.69 Å². The molecule has 1 saturated carbocycles. The maximum absolute atomic E-state index is 12.6. The minimum Gasteiger partial charge on any atom is -0.328 e. The lowest BCUT2D eigenvalue weighted by Crippen LogP contribution is -2.41. The Kier molecular flexibility index (Phi) is 4.40. The molecule has 1 aromatic rings. The summed E-state index contributed by atoms with van der Waals surface area (Å²) in [5.74, 6) is 0.00246. The van der Waals surface area contributed by atoms with Gasteiger partial charge in [-0.1, -0.05) is 53.4 Å². The summed E-state index contributed by atoms with van der Waals surface area (Å²) in [6.07, 6.45) is 7.59. The Morgan fingerprint density at radius 3 is 2.67 bits per heavy atom. The van der Waals surface area contributed by atoms with E-state index in [0.29, 0.717) is 10.8 Å². The van der Waals surface area contributed by atoms with Gasteiger partial charge in [0, 0.05) is 10.5 Å². The zero-order chi connectivity index (χ0) is 14.8. The van der Waals surface area contributed by atoms with Gasteiger partial charge in [-0.15, -0.1) is 0 Å². The van der Waals surface area contributed by atoms with Crippen LogP contribution in [0.2, 0.25) is 0 Å². The first-order valence-electron chi connectivity index (χ1n) is 7.27. The number of nitrogens with one attached hydrogen (secondary N) is 1. The van der Waals surface area contributed by atoms with Crippen LogP contribution in [0.4, 0.5) is 0 Å². The fourth-order valence-corrected chi connectivity index (χ4v) is 3.71. The highest BCUT2D eigenvalue weighted by molar-refractivity contribution is 9.10. The van der Waals surface area contributed by atoms with Gasteiger partial charge in [0.05, 0.1) is 0 Å². The molecule has 2 fully saturated rings. The van der Waals surface area contributed by atoms with Crippen molar-refractivity contribution in [1.29, 1.82) is 0 Å². The number of carbonyl (C=O) groups excluding carboxylic acids is 1. The summed E-state index contributed by atoms with van der Waals surface area (Å²) in [5.41, 5.74) is 1.54. The highest BCUT2D eigenvalue weighted by Gasteiger charge is 2.36. The second-order valence-corrected chi connectivity index (χ2v) is 6.72. The van der Waals surface area contributed by atoms with Gasteiger partial charge in [-0.2, -0.15) is 0 Å². The molecule has 1 amide bonds. The van der Waals surface area contributed by atoms with E-state index in [1.807, 2.05) is 30.3 Å². The number of hydrogen-bond donors (Lipinski definition) is 1. The van der Waals surface area contributed by atoms with Gasteiger partial charge in [-0.05, 0) is 42.8 Å². The molecule has 1 heterocycles. The topological polar surface area (TPSA) is 32.3 Å². The Morgan fingerprint density at radius 1 is 1.24 bits per heavy atom. The molecule has 0 aromatic heterocycles. The van der Waals surface area contributed by atoms with Gasteiger partial charge in [0.2, 0.25) is 0 Å². The van der Waals surface area contributed by atoms with Crippen molar-refractivity contribution in [1.82, 2.24) is 10.2 Å². The maximum atomic E-state index is 12.6. The molecule has 0 atom stereocenters. The first-order chi connectivity index (χ1) is 10.2. The number of amides is 1. The number of benzene rings is 1. The molecule has 1 aliphatic heterocycles. The van der Waals surface area contributed by atoms with Crippen molar-refractivity contribution in [3.63, 3.8) is 0 Å². The summed E-state index contributed by atoms with van der Waals surface area (Å²) in [7, 11) is 0. The Hall–Kier alpha value is -1.20. The van der Waals surface area contributed by atoms with Crippen molar-refractivity contribution >= 4 is 45.2 Å². The van der Waals surface area contributed by atoms with Crippen molar-refractivity contribution in [2.75, 3.05) is 0 Å². The molecule has 1 N–H and O–H groups in total. The van der Waals surface area contributed by atoms with E-state index in [1.165, 1.54) is 19.3 Å². The first kappa shape index (κ1) is 14.7. The number of rotatable bonds is 2. The number of hydrogen-bond acceptors (Lipinski definition) is 2. The van der Waals surface area contributed by atoms with Crippen molar-refractivity contribution in [2.24, 2.45) is 0 Å². The van der Waals surface area contributed by atoms with Crippen molar-refractivity contribution in [3.8, 4) is 0 Å². The van der Waals surface area contributed by atoms with Crippen LogP contribution in [-0.4, -0.2) is 22.0 Å². The Bertz CT molecular complexity index is 608. The van der Waals surface area contributed by atoms with E-state index in [-0.39, 0.29) is 11.9 Å². The lowest BCUT2D eigenvalue weighted by atomic mass is 9.94. The molecular weight excluding hydrogens is 348 g/mol. The molecule has 3 rings (SSSR count). The monoisotopic (exact) mass is 364 g/mol. The molecule has 0 unspecified atom stereocenters. The van der Waals surface area contributed by atoms with Crippen LogP contribution >= 0.6 is 28.1 Å². The average Bonchev–Trinajstić information content (AvgIpc) is 2.77. The van der Waals surface area contributed by atoms with E-state index in [2.05, 4.69) is 21.2 Å². The molecule has 110 valence electrons. The highest BCUT2D eigenvalue weighted by atomic mass is 79.9. The smallest absolute Gasteiger partial charge is 0.276 e. The molecule has 1 aromatic carbocycles. The van der Waals surface area contributed by atoms with E-state index in [4.69, 9.17) is 12.2 Å². The summed E-state index contributed by atoms with van der Waals surface area (Å²) in [6.45, 7) is 0. The number of nitrogens with zero attached hydrogens (tertiary/aromatic N) is 1. The summed E-state index contributed by atoms with van der Waals surface area (Å²) in [4.78, 5) is 14.4. The molecule has 0 bridgehead atoms. The molecular formula is C16H17BrN2OS. The summed E-state index contributed by atoms with van der Waals surface area (Å²) < 4.78 is 0.967. The van der Waals surface area contributed by atoms with Crippen molar-refractivity contribution < 1.29 is 4.79 Å². The summed E-state index contributed by atoms with van der Waals surface area (Å²) in [5, 5.41) is 3.62. The first-order valence-corrected chi connectivity index (χ1v) is 8.48. The quantitative estimate of drug-likeness (QED) is 0.639. The average molecular weight is 365 g/mol. The van der Waals surface area contributed by atoms with Gasteiger partial charge < -0.3 is 5.32 Å². The predicted octanol–water partition coefficient (Wildman–Crippen LogP) is 3.84. The molecule has 5 heteroatoms. The minimum atomic E-state index is 0.00246. The van der Waals surface area contributed by atoms with E-state index < -0.39 is 0 Å². The second-order valence-electron chi connectivity index (χ2n) is 5.48. The number of thiocarbonyl (C=S) groups is 1. The third kappa shape index (κ3) is 3.04. The molecule has 1 saturated heterocycles. The Balaban J connectivity index is 1.84. The fraction of sp³-hybridized carbons (Fsp3) is 0.375. The van der Waals surface area contributed by atoms with Crippen LogP contribution in [0, 0.1) is 0 Å². The third-order valence-electron chi connectivity index (χ3n) is 4.05. The molecule has 0 radical (unpaired) electrons. The lowest BCUT2D eigenvalue weighted by Gasteiger charge is -2.29. The van der Waals surface area contributed by atoms with Crippen LogP contribution in [0.3, 0.4) is 0 Å². The van der Waals surface area contributed by atoms with E-state index in [9.17, 15) is 4.79 Å². The van der Waals surface area contributed by atoms with Crippen molar-refractivity contribution in [3.05, 3.63) is 40.0 Å². The molecule has 1 aliphatic carbocycles. The van der Waals surface area contributed by atoms with Gasteiger partial charge >= 0.3 is 0 Å². The zero-order valence-corrected chi connectivity index (χ0v) is 14.0. The molecule has 0 spiro atoms. The van der Waals surface area contributed by atoms with Crippen LogP contribution in [0.25, 0.3) is 6.08 Å². The van der Waals surface area contributed by atoms with E-state index in [0.717, 1.165) is 22.9 Å². The zero-order valence-electron chi connectivity index (χ0n) is 11.6. The van der Waals surface area contributed by atoms with Crippen LogP contribution in [0.1, 0.15) is 37.7 Å². The van der Waals surface area contributed by atoms with Crippen LogP contribution < -0.4 is 5.32 Å². The Labute approximate surface area is 138 Å². The van der Waals surface area contributed by atoms with Gasteiger partial charge in [0.25, 0.3) is 5.91 Å². The SMILES string of the molecule is O=C1/C(=C\c2ccccc2Br)NC(=S)N1C1CCCCC1. The molecule has 2 aliphatic rings. The molecule has 21 heavy (non-hydrogen) atoms. The molecule has 3 nitrogen and oxygen atoms in total. The van der Waals surface area contributed by atoms with Gasteiger partial charge in [0.1, 0.15) is 5.70 Å². The van der Waals surface area contributed by atoms with E-state index in [1.54, 1.807) is 4.90 Å². The second kappa shape index (κ2) is 6.28. The fourth-order valence-electron chi connectivity index (χ4n) is 2.97. The predicted molar refractivity (Wildman–Crippen MR) is 91.6 cm³/mol. The number of carbonyl (C=O) groups is 1. The Morgan fingerprint density at radius 2 is 1.95 bits per heavy atom. The van der Waals surface area contributed by atoms with Crippen LogP contribution in [0.15, 0.2) is 34.4 Å². The minimum absolute atomic E-state index is 0.00246. The normalized spacial score (nSPS) is 22.0. The summed E-state index contributed by atoms with van der Waals surface area (Å²) >= 11 is 8.87.